The fraction of sp³-hybridized carbons (Fsp3) is 0.800. The van der Waals surface area contributed by atoms with Gasteiger partial charge in [0.05, 0.1) is 11.7 Å². The predicted molar refractivity (Wildman–Crippen MR) is 83.6 cm³/mol. The summed E-state index contributed by atoms with van der Waals surface area (Å²) in [5.41, 5.74) is 1.23. The summed E-state index contributed by atoms with van der Waals surface area (Å²) < 4.78 is 2.15. The van der Waals surface area contributed by atoms with Crippen molar-refractivity contribution in [2.24, 2.45) is 5.92 Å². The number of likely N-dealkylation sites (tertiary alicyclic amines) is 1. The highest BCUT2D eigenvalue weighted by Gasteiger charge is 2.19. The summed E-state index contributed by atoms with van der Waals surface area (Å²) in [7, 11) is 0. The maximum atomic E-state index is 4.75. The Morgan fingerprint density at radius 3 is 2.58 bits per heavy atom. The number of rotatable bonds is 6. The van der Waals surface area contributed by atoms with Crippen LogP contribution in [0.15, 0.2) is 12.3 Å². The van der Waals surface area contributed by atoms with E-state index in [0.717, 1.165) is 30.6 Å². The fourth-order valence-electron chi connectivity index (χ4n) is 2.86. The van der Waals surface area contributed by atoms with Crippen molar-refractivity contribution in [2.45, 2.75) is 52.1 Å². The second-order valence-electron chi connectivity index (χ2n) is 5.63. The highest BCUT2D eigenvalue weighted by Crippen LogP contribution is 2.21. The first kappa shape index (κ1) is 15.0. The monoisotopic (exact) mass is 327 g/mol. The van der Waals surface area contributed by atoms with Gasteiger partial charge in [0.25, 0.3) is 0 Å². The van der Waals surface area contributed by atoms with Crippen LogP contribution in [-0.2, 0) is 6.54 Å². The summed E-state index contributed by atoms with van der Waals surface area (Å²) in [4.78, 5) is 2.54. The fourth-order valence-corrected chi connectivity index (χ4v) is 3.50. The van der Waals surface area contributed by atoms with E-state index in [1.165, 1.54) is 31.6 Å². The third-order valence-corrected chi connectivity index (χ3v) is 5.21. The van der Waals surface area contributed by atoms with Crippen molar-refractivity contribution >= 4 is 15.9 Å². The molecule has 1 aliphatic rings. The molecule has 0 aromatic carbocycles. The molecule has 1 fully saturated rings. The van der Waals surface area contributed by atoms with E-state index in [-0.39, 0.29) is 0 Å². The van der Waals surface area contributed by atoms with Crippen molar-refractivity contribution in [1.29, 1.82) is 0 Å². The Balaban J connectivity index is 1.86. The maximum absolute atomic E-state index is 4.75. The number of nitrogens with zero attached hydrogens (tertiary/aromatic N) is 3. The third-order valence-electron chi connectivity index (χ3n) is 4.29. The van der Waals surface area contributed by atoms with Crippen LogP contribution in [-0.4, -0.2) is 33.1 Å². The molecule has 2 heterocycles. The molecule has 19 heavy (non-hydrogen) atoms. The molecular weight excluding hydrogens is 302 g/mol. The minimum atomic E-state index is 0.563. The van der Waals surface area contributed by atoms with Crippen molar-refractivity contribution in [2.75, 3.05) is 18.4 Å². The molecule has 0 bridgehead atoms. The van der Waals surface area contributed by atoms with Crippen LogP contribution in [0.4, 0.5) is 0 Å². The van der Waals surface area contributed by atoms with Crippen LogP contribution in [0.3, 0.4) is 0 Å². The second-order valence-corrected chi connectivity index (χ2v) is 6.28. The summed E-state index contributed by atoms with van der Waals surface area (Å²) in [5.74, 6) is 0.873. The summed E-state index contributed by atoms with van der Waals surface area (Å²) in [5, 5.41) is 5.91. The predicted octanol–water partition coefficient (Wildman–Crippen LogP) is 3.85. The third kappa shape index (κ3) is 4.06. The largest absolute Gasteiger partial charge is 0.297 e. The molecular formula is C15H26BrN3. The minimum Gasteiger partial charge on any atom is -0.297 e. The minimum absolute atomic E-state index is 0.563. The van der Waals surface area contributed by atoms with Crippen molar-refractivity contribution in [1.82, 2.24) is 14.7 Å². The number of piperidine rings is 1. The van der Waals surface area contributed by atoms with Crippen LogP contribution in [0.25, 0.3) is 0 Å². The van der Waals surface area contributed by atoms with Crippen LogP contribution >= 0.6 is 15.9 Å². The maximum Gasteiger partial charge on any atom is 0.0764 e. The molecule has 0 amide bonds. The van der Waals surface area contributed by atoms with E-state index in [1.807, 2.05) is 0 Å². The summed E-state index contributed by atoms with van der Waals surface area (Å²) in [6.45, 7) is 7.92. The quantitative estimate of drug-likeness (QED) is 0.740. The molecule has 2 rings (SSSR count). The van der Waals surface area contributed by atoms with Gasteiger partial charge in [0.15, 0.2) is 0 Å². The summed E-state index contributed by atoms with van der Waals surface area (Å²) >= 11 is 3.60. The van der Waals surface area contributed by atoms with E-state index in [4.69, 9.17) is 5.10 Å². The molecule has 0 radical (unpaired) electrons. The van der Waals surface area contributed by atoms with Gasteiger partial charge in [-0.2, -0.15) is 5.10 Å². The van der Waals surface area contributed by atoms with Gasteiger partial charge in [-0.25, -0.2) is 0 Å². The smallest absolute Gasteiger partial charge is 0.0764 e. The van der Waals surface area contributed by atoms with Crippen molar-refractivity contribution in [3.05, 3.63) is 18.0 Å². The molecule has 0 spiro atoms. The number of hydrogen-bond acceptors (Lipinski definition) is 2. The highest BCUT2D eigenvalue weighted by molar-refractivity contribution is 9.09. The molecule has 0 saturated carbocycles. The zero-order valence-electron chi connectivity index (χ0n) is 12.2. The van der Waals surface area contributed by atoms with Gasteiger partial charge in [0.1, 0.15) is 0 Å². The van der Waals surface area contributed by atoms with Crippen LogP contribution < -0.4 is 0 Å². The summed E-state index contributed by atoms with van der Waals surface area (Å²) in [6.07, 6.45) is 7.11. The van der Waals surface area contributed by atoms with E-state index >= 15 is 0 Å². The van der Waals surface area contributed by atoms with Crippen molar-refractivity contribution in [3.63, 3.8) is 0 Å². The van der Waals surface area contributed by atoms with Gasteiger partial charge < -0.3 is 0 Å². The Morgan fingerprint density at radius 2 is 2.00 bits per heavy atom. The Morgan fingerprint density at radius 1 is 1.32 bits per heavy atom. The Bertz CT molecular complexity index is 365. The number of halogens is 1. The molecule has 1 aromatic rings. The molecule has 1 aliphatic heterocycles. The van der Waals surface area contributed by atoms with Crippen LogP contribution in [0.2, 0.25) is 0 Å². The molecule has 0 unspecified atom stereocenters. The van der Waals surface area contributed by atoms with Crippen molar-refractivity contribution in [3.8, 4) is 0 Å². The average molecular weight is 328 g/mol. The van der Waals surface area contributed by atoms with E-state index in [2.05, 4.69) is 51.6 Å². The number of aromatic nitrogens is 2. The van der Waals surface area contributed by atoms with Gasteiger partial charge in [0, 0.05) is 18.1 Å². The molecule has 0 aliphatic carbocycles. The van der Waals surface area contributed by atoms with E-state index in [9.17, 15) is 0 Å². The number of alkyl halides is 1. The van der Waals surface area contributed by atoms with Gasteiger partial charge >= 0.3 is 0 Å². The Hall–Kier alpha value is -0.350. The lowest BCUT2D eigenvalue weighted by Gasteiger charge is -2.30. The Labute approximate surface area is 125 Å². The summed E-state index contributed by atoms with van der Waals surface area (Å²) in [6, 6.07) is 2.75. The lowest BCUT2D eigenvalue weighted by molar-refractivity contribution is 0.185. The second kappa shape index (κ2) is 7.44. The molecule has 108 valence electrons. The van der Waals surface area contributed by atoms with Gasteiger partial charge in [0.2, 0.25) is 0 Å². The molecule has 4 heteroatoms. The van der Waals surface area contributed by atoms with E-state index in [1.54, 1.807) is 0 Å². The first-order chi connectivity index (χ1) is 9.26. The lowest BCUT2D eigenvalue weighted by Crippen LogP contribution is -2.33. The Kier molecular flexibility index (Phi) is 5.89. The highest BCUT2D eigenvalue weighted by atomic mass is 79.9. The molecule has 1 aromatic heterocycles. The van der Waals surface area contributed by atoms with E-state index < -0.39 is 0 Å². The van der Waals surface area contributed by atoms with Crippen molar-refractivity contribution < 1.29 is 0 Å². The first-order valence-electron chi connectivity index (χ1n) is 7.59. The molecule has 0 N–H and O–H groups in total. The standard InChI is InChI=1S/C15H26BrN3/c1-3-15(4-2)19-10-7-14(17-19)12-18-8-5-13(11-16)6-9-18/h7,10,13,15H,3-6,8-9,11-12H2,1-2H3. The van der Waals surface area contributed by atoms with Gasteiger partial charge in [-0.1, -0.05) is 29.8 Å². The molecule has 3 nitrogen and oxygen atoms in total. The van der Waals surface area contributed by atoms with Gasteiger partial charge in [-0.3, -0.25) is 9.58 Å². The topological polar surface area (TPSA) is 21.1 Å². The SMILES string of the molecule is CCC(CC)n1ccc(CN2CCC(CBr)CC2)n1. The van der Waals surface area contributed by atoms with Gasteiger partial charge in [-0.05, 0) is 50.8 Å². The molecule has 1 saturated heterocycles. The zero-order chi connectivity index (χ0) is 13.7. The number of hydrogen-bond donors (Lipinski definition) is 0. The van der Waals surface area contributed by atoms with Crippen LogP contribution in [0.5, 0.6) is 0 Å². The van der Waals surface area contributed by atoms with E-state index in [0.29, 0.717) is 6.04 Å². The average Bonchev–Trinajstić information content (AvgIpc) is 2.89. The van der Waals surface area contributed by atoms with Crippen LogP contribution in [0, 0.1) is 5.92 Å². The van der Waals surface area contributed by atoms with Crippen LogP contribution in [0.1, 0.15) is 51.3 Å². The molecule has 0 atom stereocenters. The lowest BCUT2D eigenvalue weighted by atomic mass is 9.99. The van der Waals surface area contributed by atoms with Gasteiger partial charge in [-0.15, -0.1) is 0 Å². The zero-order valence-corrected chi connectivity index (χ0v) is 13.8. The first-order valence-corrected chi connectivity index (χ1v) is 8.71. The normalized spacial score (nSPS) is 18.3.